The lowest BCUT2D eigenvalue weighted by atomic mass is 9.87. The van der Waals surface area contributed by atoms with E-state index in [9.17, 15) is 14.7 Å². The monoisotopic (exact) mass is 518 g/mol. The molecule has 1 unspecified atom stereocenters. The van der Waals surface area contributed by atoms with E-state index < -0.39 is 6.10 Å². The number of aliphatic hydroxyl groups excluding tert-OH is 1. The van der Waals surface area contributed by atoms with Gasteiger partial charge in [-0.15, -0.1) is 0 Å². The zero-order valence-electron chi connectivity index (χ0n) is 21.9. The predicted octanol–water partition coefficient (Wildman–Crippen LogP) is 3.11. The van der Waals surface area contributed by atoms with Crippen molar-refractivity contribution in [2.45, 2.75) is 70.1 Å². The van der Waals surface area contributed by atoms with Crippen LogP contribution in [0.25, 0.3) is 11.0 Å². The van der Waals surface area contributed by atoms with Gasteiger partial charge in [0.25, 0.3) is 5.56 Å². The fourth-order valence-corrected chi connectivity index (χ4v) is 6.23. The zero-order valence-corrected chi connectivity index (χ0v) is 21.9. The SMILES string of the molecule is CC(=O)c1c(C)c2cnc(Nc3ccc(C4CCN(C5COC5)C[C@H]4O)cn3)nc2n(C2CCCC2)c1=O. The number of nitrogens with one attached hydrogen (secondary N) is 1. The van der Waals surface area contributed by atoms with Crippen LogP contribution in [0.1, 0.15) is 72.5 Å². The Morgan fingerprint density at radius 2 is 1.89 bits per heavy atom. The molecule has 3 aliphatic rings. The lowest BCUT2D eigenvalue weighted by Gasteiger charge is -2.43. The molecule has 0 aromatic carbocycles. The first-order valence-corrected chi connectivity index (χ1v) is 13.6. The number of ketones is 1. The second-order valence-corrected chi connectivity index (χ2v) is 10.9. The number of anilines is 2. The van der Waals surface area contributed by atoms with Crippen LogP contribution in [0.2, 0.25) is 0 Å². The molecule has 10 nitrogen and oxygen atoms in total. The van der Waals surface area contributed by atoms with E-state index in [1.54, 1.807) is 23.9 Å². The Morgan fingerprint density at radius 3 is 2.53 bits per heavy atom. The van der Waals surface area contributed by atoms with E-state index in [4.69, 9.17) is 9.72 Å². The first kappa shape index (κ1) is 25.1. The molecule has 5 heterocycles. The van der Waals surface area contributed by atoms with Crippen molar-refractivity contribution >= 4 is 28.6 Å². The number of carbonyl (C=O) groups excluding carboxylic acids is 1. The average Bonchev–Trinajstić information content (AvgIpc) is 3.38. The maximum absolute atomic E-state index is 13.4. The molecule has 3 fully saturated rings. The second-order valence-electron chi connectivity index (χ2n) is 10.9. The molecule has 0 radical (unpaired) electrons. The number of aromatic nitrogens is 4. The van der Waals surface area contributed by atoms with Crippen molar-refractivity contribution in [1.82, 2.24) is 24.4 Å². The highest BCUT2D eigenvalue weighted by molar-refractivity contribution is 5.99. The first-order valence-electron chi connectivity index (χ1n) is 13.6. The normalized spacial score (nSPS) is 23.0. The third-order valence-electron chi connectivity index (χ3n) is 8.46. The summed E-state index contributed by atoms with van der Waals surface area (Å²) in [5.74, 6) is 0.735. The quantitative estimate of drug-likeness (QED) is 0.474. The number of carbonyl (C=O) groups is 1. The van der Waals surface area contributed by atoms with Crippen LogP contribution in [0.4, 0.5) is 11.8 Å². The summed E-state index contributed by atoms with van der Waals surface area (Å²) in [7, 11) is 0. The number of aliphatic hydroxyl groups is 1. The molecule has 10 heteroatoms. The van der Waals surface area contributed by atoms with E-state index in [0.717, 1.165) is 57.4 Å². The van der Waals surface area contributed by atoms with Gasteiger partial charge in [0.15, 0.2) is 5.78 Å². The van der Waals surface area contributed by atoms with Crippen molar-refractivity contribution in [2.24, 2.45) is 0 Å². The highest BCUT2D eigenvalue weighted by atomic mass is 16.5. The van der Waals surface area contributed by atoms with Crippen molar-refractivity contribution in [3.05, 3.63) is 51.6 Å². The molecule has 3 aromatic heterocycles. The van der Waals surface area contributed by atoms with Crippen LogP contribution < -0.4 is 10.9 Å². The van der Waals surface area contributed by atoms with Crippen molar-refractivity contribution in [3.8, 4) is 0 Å². The summed E-state index contributed by atoms with van der Waals surface area (Å²) >= 11 is 0. The molecule has 2 aliphatic heterocycles. The van der Waals surface area contributed by atoms with Gasteiger partial charge in [-0.25, -0.2) is 9.97 Å². The summed E-state index contributed by atoms with van der Waals surface area (Å²) < 4.78 is 7.01. The Bertz CT molecular complexity index is 1410. The smallest absolute Gasteiger partial charge is 0.263 e. The molecule has 0 bridgehead atoms. The van der Waals surface area contributed by atoms with Gasteiger partial charge < -0.3 is 15.2 Å². The van der Waals surface area contributed by atoms with Crippen LogP contribution in [-0.4, -0.2) is 73.8 Å². The van der Waals surface area contributed by atoms with E-state index >= 15 is 0 Å². The molecule has 38 heavy (non-hydrogen) atoms. The van der Waals surface area contributed by atoms with Gasteiger partial charge in [-0.2, -0.15) is 4.98 Å². The Hall–Kier alpha value is -3.21. The molecular weight excluding hydrogens is 484 g/mol. The number of hydrogen-bond donors (Lipinski definition) is 2. The number of Topliss-reactive ketones (excluding diaryl/α,β-unsaturated/α-hetero) is 1. The minimum atomic E-state index is -0.441. The lowest BCUT2D eigenvalue weighted by molar-refractivity contribution is -0.0888. The van der Waals surface area contributed by atoms with E-state index in [0.29, 0.717) is 40.9 Å². The number of aryl methyl sites for hydroxylation is 1. The summed E-state index contributed by atoms with van der Waals surface area (Å²) in [6.45, 7) is 6.32. The van der Waals surface area contributed by atoms with Gasteiger partial charge in [-0.05, 0) is 56.8 Å². The molecule has 6 rings (SSSR count). The molecule has 0 spiro atoms. The molecule has 200 valence electrons. The van der Waals surface area contributed by atoms with Crippen LogP contribution in [0.15, 0.2) is 29.3 Å². The van der Waals surface area contributed by atoms with Crippen LogP contribution in [0.5, 0.6) is 0 Å². The molecule has 2 N–H and O–H groups in total. The zero-order chi connectivity index (χ0) is 26.4. The second kappa shape index (κ2) is 10.2. The van der Waals surface area contributed by atoms with E-state index in [-0.39, 0.29) is 28.9 Å². The third-order valence-corrected chi connectivity index (χ3v) is 8.46. The van der Waals surface area contributed by atoms with Crippen molar-refractivity contribution < 1.29 is 14.6 Å². The van der Waals surface area contributed by atoms with Crippen molar-refractivity contribution in [2.75, 3.05) is 31.6 Å². The third kappa shape index (κ3) is 4.50. The fraction of sp³-hybridized carbons (Fsp3) is 0.536. The summed E-state index contributed by atoms with van der Waals surface area (Å²) in [6, 6.07) is 4.32. The summed E-state index contributed by atoms with van der Waals surface area (Å²) in [5, 5.41) is 14.7. The molecule has 2 saturated heterocycles. The van der Waals surface area contributed by atoms with Gasteiger partial charge in [0, 0.05) is 36.3 Å². The number of β-amino-alcohol motifs (C(OH)–C–C–N with tert-alkyl or cyclic N) is 1. The minimum absolute atomic E-state index is 0.0264. The van der Waals surface area contributed by atoms with Gasteiger partial charge in [0.2, 0.25) is 5.95 Å². The molecule has 2 atom stereocenters. The van der Waals surface area contributed by atoms with Crippen LogP contribution in [0, 0.1) is 6.92 Å². The van der Waals surface area contributed by atoms with Gasteiger partial charge in [0.05, 0.1) is 30.9 Å². The van der Waals surface area contributed by atoms with Crippen LogP contribution >= 0.6 is 0 Å². The highest BCUT2D eigenvalue weighted by Crippen LogP contribution is 2.33. The largest absolute Gasteiger partial charge is 0.391 e. The maximum Gasteiger partial charge on any atom is 0.263 e. The van der Waals surface area contributed by atoms with Crippen molar-refractivity contribution in [1.29, 1.82) is 0 Å². The molecule has 0 amide bonds. The van der Waals surface area contributed by atoms with E-state index in [2.05, 4.69) is 20.2 Å². The molecule has 1 saturated carbocycles. The first-order chi connectivity index (χ1) is 18.4. The fourth-order valence-electron chi connectivity index (χ4n) is 6.23. The Balaban J connectivity index is 1.25. The molecular formula is C28H34N6O4. The number of nitrogens with zero attached hydrogens (tertiary/aromatic N) is 5. The number of likely N-dealkylation sites (tertiary alicyclic amines) is 1. The van der Waals surface area contributed by atoms with Gasteiger partial charge in [0.1, 0.15) is 11.5 Å². The standard InChI is InChI=1S/C28H34N6O4/c1-16-22-12-30-28(32-26(22)34(19-5-3-4-6-19)27(37)25(16)17(2)35)31-24-8-7-18(11-29-24)21-9-10-33(13-23(21)36)20-14-38-15-20/h7-8,11-12,19-21,23,36H,3-6,9-10,13-15H2,1-2H3,(H,29,30,31,32)/t21?,23-/m1/s1. The number of hydrogen-bond acceptors (Lipinski definition) is 9. The molecule has 1 aliphatic carbocycles. The average molecular weight is 519 g/mol. The van der Waals surface area contributed by atoms with E-state index in [1.807, 2.05) is 12.1 Å². The maximum atomic E-state index is 13.4. The number of ether oxygens (including phenoxy) is 1. The predicted molar refractivity (Wildman–Crippen MR) is 143 cm³/mol. The molecule has 3 aromatic rings. The lowest BCUT2D eigenvalue weighted by Crippen LogP contribution is -2.55. The summed E-state index contributed by atoms with van der Waals surface area (Å²) in [6.07, 6.45) is 7.81. The number of pyridine rings is 2. The van der Waals surface area contributed by atoms with E-state index in [1.165, 1.54) is 6.92 Å². The Kier molecular flexibility index (Phi) is 6.71. The highest BCUT2D eigenvalue weighted by Gasteiger charge is 2.35. The van der Waals surface area contributed by atoms with Crippen molar-refractivity contribution in [3.63, 3.8) is 0 Å². The number of rotatable bonds is 6. The minimum Gasteiger partial charge on any atom is -0.391 e. The van der Waals surface area contributed by atoms with Gasteiger partial charge in [-0.3, -0.25) is 19.1 Å². The Labute approximate surface area is 221 Å². The Morgan fingerprint density at radius 1 is 1.11 bits per heavy atom. The van der Waals surface area contributed by atoms with Gasteiger partial charge in [-0.1, -0.05) is 18.9 Å². The topological polar surface area (TPSA) is 122 Å². The van der Waals surface area contributed by atoms with Gasteiger partial charge >= 0.3 is 0 Å². The number of piperidine rings is 1. The van der Waals surface area contributed by atoms with Crippen LogP contribution in [-0.2, 0) is 4.74 Å². The van der Waals surface area contributed by atoms with Crippen LogP contribution in [0.3, 0.4) is 0 Å². The number of fused-ring (bicyclic) bond motifs is 1. The summed E-state index contributed by atoms with van der Waals surface area (Å²) in [5.41, 5.74) is 2.13. The summed E-state index contributed by atoms with van der Waals surface area (Å²) in [4.78, 5) is 41.8.